The molecule has 5 amide bonds. The van der Waals surface area contributed by atoms with Crippen LogP contribution in [-0.4, -0.2) is 24.6 Å². The predicted molar refractivity (Wildman–Crippen MR) is 121 cm³/mol. The van der Waals surface area contributed by atoms with Crippen LogP contribution in [-0.2, 0) is 11.3 Å². The van der Waals surface area contributed by atoms with Crippen LogP contribution in [0.2, 0.25) is 0 Å². The quantitative estimate of drug-likeness (QED) is 0.354. The summed E-state index contributed by atoms with van der Waals surface area (Å²) in [6.45, 7) is -0.200. The van der Waals surface area contributed by atoms with Gasteiger partial charge in [0.1, 0.15) is 11.6 Å². The van der Waals surface area contributed by atoms with Crippen molar-refractivity contribution in [3.8, 4) is 5.75 Å². The zero-order valence-corrected chi connectivity index (χ0v) is 17.4. The Kier molecular flexibility index (Phi) is 8.18. The Hall–Kier alpha value is -4.60. The van der Waals surface area contributed by atoms with Gasteiger partial charge in [-0.15, -0.1) is 0 Å². The minimum atomic E-state index is -0.634. The number of nitrogens with one attached hydrogen (secondary N) is 5. The standard InChI is InChI=1S/C23H22FN5O4/c24-17-9-11-20(12-10-17)33-15-21(30)28-29-22(31)25-14-16-5-4-8-19(13-16)27-23(32)26-18-6-2-1-3-7-18/h1-13H,14-15H2,(H,28,30)(H2,25,29,31)(H2,26,27,32). The third-order valence-electron chi connectivity index (χ3n) is 4.17. The topological polar surface area (TPSA) is 121 Å². The summed E-state index contributed by atoms with van der Waals surface area (Å²) in [6, 6.07) is 20.1. The van der Waals surface area contributed by atoms with Crippen molar-refractivity contribution in [2.24, 2.45) is 0 Å². The van der Waals surface area contributed by atoms with Gasteiger partial charge in [-0.05, 0) is 54.1 Å². The maximum atomic E-state index is 12.8. The molecule has 0 spiro atoms. The first-order valence-corrected chi connectivity index (χ1v) is 9.91. The van der Waals surface area contributed by atoms with E-state index < -0.39 is 23.8 Å². The number of rotatable bonds is 7. The fourth-order valence-corrected chi connectivity index (χ4v) is 2.64. The molecule has 0 aromatic heterocycles. The summed E-state index contributed by atoms with van der Waals surface area (Å²) in [7, 11) is 0. The van der Waals surface area contributed by atoms with Crippen molar-refractivity contribution < 1.29 is 23.5 Å². The van der Waals surface area contributed by atoms with E-state index in [4.69, 9.17) is 4.74 Å². The lowest BCUT2D eigenvalue weighted by Gasteiger charge is -2.11. The second-order valence-corrected chi connectivity index (χ2v) is 6.74. The molecule has 0 radical (unpaired) electrons. The zero-order chi connectivity index (χ0) is 23.5. The number of hydrogen-bond donors (Lipinski definition) is 5. The number of benzene rings is 3. The molecule has 3 aromatic carbocycles. The second-order valence-electron chi connectivity index (χ2n) is 6.74. The van der Waals surface area contributed by atoms with Crippen LogP contribution in [0.15, 0.2) is 78.9 Å². The van der Waals surface area contributed by atoms with Crippen LogP contribution in [0, 0.1) is 5.82 Å². The van der Waals surface area contributed by atoms with E-state index in [2.05, 4.69) is 26.8 Å². The molecule has 0 fully saturated rings. The molecular formula is C23H22FN5O4. The van der Waals surface area contributed by atoms with Crippen LogP contribution in [0.1, 0.15) is 5.56 Å². The van der Waals surface area contributed by atoms with E-state index in [9.17, 15) is 18.8 Å². The summed E-state index contributed by atoms with van der Waals surface area (Å²) in [6.07, 6.45) is 0. The number of para-hydroxylation sites is 1. The maximum Gasteiger partial charge on any atom is 0.333 e. The van der Waals surface area contributed by atoms with Crippen molar-refractivity contribution in [2.75, 3.05) is 17.2 Å². The zero-order valence-electron chi connectivity index (χ0n) is 17.4. The van der Waals surface area contributed by atoms with Crippen molar-refractivity contribution >= 4 is 29.3 Å². The molecule has 0 aliphatic heterocycles. The minimum Gasteiger partial charge on any atom is -0.484 e. The Morgan fingerprint density at radius 2 is 1.45 bits per heavy atom. The molecule has 0 saturated carbocycles. The Morgan fingerprint density at radius 3 is 2.21 bits per heavy atom. The summed E-state index contributed by atoms with van der Waals surface area (Å²) >= 11 is 0. The largest absolute Gasteiger partial charge is 0.484 e. The van der Waals surface area contributed by atoms with E-state index >= 15 is 0 Å². The smallest absolute Gasteiger partial charge is 0.333 e. The average Bonchev–Trinajstić information content (AvgIpc) is 2.82. The van der Waals surface area contributed by atoms with Crippen LogP contribution in [0.3, 0.4) is 0 Å². The van der Waals surface area contributed by atoms with Gasteiger partial charge in [-0.25, -0.2) is 19.4 Å². The summed E-state index contributed by atoms with van der Waals surface area (Å²) < 4.78 is 18.0. The molecule has 0 aliphatic rings. The van der Waals surface area contributed by atoms with Crippen LogP contribution in [0.25, 0.3) is 0 Å². The molecule has 3 rings (SSSR count). The van der Waals surface area contributed by atoms with Gasteiger partial charge in [-0.1, -0.05) is 30.3 Å². The highest BCUT2D eigenvalue weighted by Crippen LogP contribution is 2.12. The molecule has 0 unspecified atom stereocenters. The van der Waals surface area contributed by atoms with Crippen LogP contribution >= 0.6 is 0 Å². The Bertz CT molecular complexity index is 1090. The van der Waals surface area contributed by atoms with Gasteiger partial charge in [0.15, 0.2) is 6.61 Å². The number of carbonyl (C=O) groups is 3. The fourth-order valence-electron chi connectivity index (χ4n) is 2.64. The average molecular weight is 451 g/mol. The van der Waals surface area contributed by atoms with Crippen molar-refractivity contribution in [2.45, 2.75) is 6.54 Å². The van der Waals surface area contributed by atoms with Gasteiger partial charge in [0.25, 0.3) is 5.91 Å². The van der Waals surface area contributed by atoms with Gasteiger partial charge in [0, 0.05) is 17.9 Å². The predicted octanol–water partition coefficient (Wildman–Crippen LogP) is 3.38. The molecule has 9 nitrogen and oxygen atoms in total. The van der Waals surface area contributed by atoms with Crippen LogP contribution in [0.5, 0.6) is 5.75 Å². The first-order valence-electron chi connectivity index (χ1n) is 9.91. The first-order chi connectivity index (χ1) is 16.0. The Labute approximate surface area is 189 Å². The third-order valence-corrected chi connectivity index (χ3v) is 4.17. The van der Waals surface area contributed by atoms with E-state index in [0.29, 0.717) is 17.1 Å². The van der Waals surface area contributed by atoms with E-state index in [1.54, 1.807) is 36.4 Å². The monoisotopic (exact) mass is 451 g/mol. The fraction of sp³-hybridized carbons (Fsp3) is 0.0870. The molecule has 0 bridgehead atoms. The SMILES string of the molecule is O=C(COc1ccc(F)cc1)NNC(=O)NCc1cccc(NC(=O)Nc2ccccc2)c1. The van der Waals surface area contributed by atoms with Crippen molar-refractivity contribution in [1.29, 1.82) is 0 Å². The summed E-state index contributed by atoms with van der Waals surface area (Å²) in [5.74, 6) is -0.686. The molecule has 10 heteroatoms. The lowest BCUT2D eigenvalue weighted by Crippen LogP contribution is -2.48. The summed E-state index contributed by atoms with van der Waals surface area (Å²) in [4.78, 5) is 35.7. The molecule has 0 heterocycles. The van der Waals surface area contributed by atoms with Crippen molar-refractivity contribution in [3.63, 3.8) is 0 Å². The molecule has 5 N–H and O–H groups in total. The highest BCUT2D eigenvalue weighted by atomic mass is 19.1. The molecule has 170 valence electrons. The van der Waals surface area contributed by atoms with Gasteiger partial charge >= 0.3 is 12.1 Å². The lowest BCUT2D eigenvalue weighted by molar-refractivity contribution is -0.123. The van der Waals surface area contributed by atoms with Gasteiger partial charge in [-0.2, -0.15) is 0 Å². The number of halogens is 1. The number of anilines is 2. The highest BCUT2D eigenvalue weighted by Gasteiger charge is 2.07. The van der Waals surface area contributed by atoms with Gasteiger partial charge in [0.05, 0.1) is 0 Å². The Balaban J connectivity index is 1.37. The summed E-state index contributed by atoms with van der Waals surface area (Å²) in [5.41, 5.74) is 6.34. The van der Waals surface area contributed by atoms with Gasteiger partial charge in [0.2, 0.25) is 0 Å². The van der Waals surface area contributed by atoms with E-state index in [0.717, 1.165) is 5.56 Å². The van der Waals surface area contributed by atoms with E-state index in [1.807, 2.05) is 18.2 Å². The molecule has 0 saturated heterocycles. The van der Waals surface area contributed by atoms with Gasteiger partial charge in [-0.3, -0.25) is 10.2 Å². The van der Waals surface area contributed by atoms with Gasteiger partial charge < -0.3 is 20.7 Å². The summed E-state index contributed by atoms with van der Waals surface area (Å²) in [5, 5.41) is 8.01. The van der Waals surface area contributed by atoms with E-state index in [-0.39, 0.29) is 13.2 Å². The minimum absolute atomic E-state index is 0.156. The molecule has 0 atom stereocenters. The second kappa shape index (κ2) is 11.7. The van der Waals surface area contributed by atoms with E-state index in [1.165, 1.54) is 24.3 Å². The van der Waals surface area contributed by atoms with Crippen molar-refractivity contribution in [1.82, 2.24) is 16.2 Å². The Morgan fingerprint density at radius 1 is 0.758 bits per heavy atom. The third kappa shape index (κ3) is 8.21. The highest BCUT2D eigenvalue weighted by molar-refractivity contribution is 5.99. The number of amides is 5. The number of ether oxygens (including phenoxy) is 1. The lowest BCUT2D eigenvalue weighted by atomic mass is 10.2. The maximum absolute atomic E-state index is 12.8. The first kappa shape index (κ1) is 23.1. The number of hydrogen-bond acceptors (Lipinski definition) is 4. The number of urea groups is 2. The molecule has 0 aliphatic carbocycles. The normalized spacial score (nSPS) is 9.97. The van der Waals surface area contributed by atoms with Crippen molar-refractivity contribution in [3.05, 3.63) is 90.2 Å². The number of hydrazine groups is 1. The molecule has 3 aromatic rings. The molecule has 33 heavy (non-hydrogen) atoms. The number of carbonyl (C=O) groups excluding carboxylic acids is 3. The van der Waals surface area contributed by atoms with Crippen LogP contribution in [0.4, 0.5) is 25.4 Å². The van der Waals surface area contributed by atoms with Crippen LogP contribution < -0.4 is 31.5 Å². The molecular weight excluding hydrogens is 429 g/mol.